The van der Waals surface area contributed by atoms with Crippen LogP contribution >= 0.6 is 0 Å². The van der Waals surface area contributed by atoms with Crippen molar-refractivity contribution in [1.29, 1.82) is 0 Å². The van der Waals surface area contributed by atoms with Crippen LogP contribution in [0.5, 0.6) is 0 Å². The van der Waals surface area contributed by atoms with Gasteiger partial charge in [-0.05, 0) is 35.1 Å². The summed E-state index contributed by atoms with van der Waals surface area (Å²) in [5.41, 5.74) is 3.58. The normalized spacial score (nSPS) is 11.0. The summed E-state index contributed by atoms with van der Waals surface area (Å²) in [6.07, 6.45) is 1.60. The van der Waals surface area contributed by atoms with Gasteiger partial charge >= 0.3 is 0 Å². The number of rotatable bonds is 7. The van der Waals surface area contributed by atoms with Crippen molar-refractivity contribution in [2.24, 2.45) is 0 Å². The Morgan fingerprint density at radius 3 is 2.22 bits per heavy atom. The molecule has 2 aromatic rings. The molecule has 0 fully saturated rings. The van der Waals surface area contributed by atoms with Gasteiger partial charge in [0.05, 0.1) is 19.4 Å². The summed E-state index contributed by atoms with van der Waals surface area (Å²) in [6, 6.07) is 10.00. The topological polar surface area (TPSA) is 54.3 Å². The van der Waals surface area contributed by atoms with Gasteiger partial charge in [-0.3, -0.25) is 4.79 Å². The molecule has 0 unspecified atom stereocenters. The van der Waals surface area contributed by atoms with Crippen LogP contribution in [-0.4, -0.2) is 12.5 Å². The van der Waals surface area contributed by atoms with Crippen LogP contribution in [0.4, 0.5) is 5.69 Å². The van der Waals surface area contributed by atoms with E-state index in [1.807, 2.05) is 12.1 Å². The van der Waals surface area contributed by atoms with Crippen LogP contribution in [0.15, 0.2) is 41.0 Å². The Kier molecular flexibility index (Phi) is 5.85. The van der Waals surface area contributed by atoms with Crippen molar-refractivity contribution >= 4 is 11.6 Å². The van der Waals surface area contributed by atoms with E-state index in [4.69, 9.17) is 4.42 Å². The van der Waals surface area contributed by atoms with E-state index in [1.54, 1.807) is 6.26 Å². The average Bonchev–Trinajstić information content (AvgIpc) is 3.03. The molecule has 1 heterocycles. The summed E-state index contributed by atoms with van der Waals surface area (Å²) in [5, 5.41) is 6.19. The Hall–Kier alpha value is -2.23. The molecule has 0 radical (unpaired) electrons. The first kappa shape index (κ1) is 17.1. The third-order valence-corrected chi connectivity index (χ3v) is 3.84. The maximum Gasteiger partial charge on any atom is 0.239 e. The molecule has 4 nitrogen and oxygen atoms in total. The molecule has 0 aliphatic carbocycles. The third kappa shape index (κ3) is 4.62. The van der Waals surface area contributed by atoms with Crippen molar-refractivity contribution in [3.63, 3.8) is 0 Å². The van der Waals surface area contributed by atoms with E-state index in [1.165, 1.54) is 11.1 Å². The van der Waals surface area contributed by atoms with Gasteiger partial charge < -0.3 is 15.1 Å². The van der Waals surface area contributed by atoms with E-state index in [9.17, 15) is 4.79 Å². The fourth-order valence-corrected chi connectivity index (χ4v) is 2.59. The highest BCUT2D eigenvalue weighted by atomic mass is 16.3. The van der Waals surface area contributed by atoms with Crippen molar-refractivity contribution in [3.8, 4) is 0 Å². The molecule has 4 heteroatoms. The molecule has 0 saturated carbocycles. The molecular weight excluding hydrogens is 288 g/mol. The van der Waals surface area contributed by atoms with Crippen LogP contribution in [0.1, 0.15) is 56.4 Å². The van der Waals surface area contributed by atoms with Gasteiger partial charge in [-0.1, -0.05) is 45.9 Å². The molecule has 124 valence electrons. The molecule has 2 rings (SSSR count). The maximum atomic E-state index is 12.1. The smallest absolute Gasteiger partial charge is 0.239 e. The lowest BCUT2D eigenvalue weighted by molar-refractivity contribution is -0.119. The predicted molar refractivity (Wildman–Crippen MR) is 93.7 cm³/mol. The van der Waals surface area contributed by atoms with Crippen LogP contribution in [0.3, 0.4) is 0 Å². The van der Waals surface area contributed by atoms with Gasteiger partial charge in [0, 0.05) is 5.69 Å². The number of hydrogen-bond acceptors (Lipinski definition) is 3. The van der Waals surface area contributed by atoms with Crippen LogP contribution in [0.2, 0.25) is 0 Å². The van der Waals surface area contributed by atoms with E-state index < -0.39 is 0 Å². The molecule has 0 atom stereocenters. The van der Waals surface area contributed by atoms with Crippen molar-refractivity contribution < 1.29 is 9.21 Å². The Balaban J connectivity index is 2.02. The molecule has 1 amide bonds. The lowest BCUT2D eigenvalue weighted by Crippen LogP contribution is -2.29. The number of anilines is 1. The van der Waals surface area contributed by atoms with Gasteiger partial charge in [-0.2, -0.15) is 0 Å². The first-order valence-electron chi connectivity index (χ1n) is 8.14. The average molecular weight is 314 g/mol. The molecule has 0 saturated heterocycles. The molecule has 0 aliphatic rings. The zero-order valence-electron chi connectivity index (χ0n) is 14.3. The summed E-state index contributed by atoms with van der Waals surface area (Å²) >= 11 is 0. The number of amides is 1. The largest absolute Gasteiger partial charge is 0.467 e. The van der Waals surface area contributed by atoms with Gasteiger partial charge in [-0.15, -0.1) is 0 Å². The second kappa shape index (κ2) is 7.86. The molecular formula is C19H26N2O2. The van der Waals surface area contributed by atoms with Crippen molar-refractivity contribution in [2.75, 3.05) is 11.9 Å². The van der Waals surface area contributed by atoms with Gasteiger partial charge in [0.15, 0.2) is 0 Å². The van der Waals surface area contributed by atoms with Gasteiger partial charge in [-0.25, -0.2) is 0 Å². The Labute approximate surface area is 138 Å². The fraction of sp³-hybridized carbons (Fsp3) is 0.421. The Morgan fingerprint density at radius 2 is 1.70 bits per heavy atom. The first-order valence-corrected chi connectivity index (χ1v) is 8.14. The third-order valence-electron chi connectivity index (χ3n) is 3.84. The second-order valence-corrected chi connectivity index (χ2v) is 6.33. The summed E-state index contributed by atoms with van der Waals surface area (Å²) in [6.45, 7) is 9.34. The molecule has 23 heavy (non-hydrogen) atoms. The van der Waals surface area contributed by atoms with E-state index in [0.717, 1.165) is 11.4 Å². The van der Waals surface area contributed by atoms with E-state index in [2.05, 4.69) is 56.5 Å². The summed E-state index contributed by atoms with van der Waals surface area (Å²) in [5.74, 6) is 1.52. The van der Waals surface area contributed by atoms with Crippen LogP contribution in [-0.2, 0) is 11.3 Å². The highest BCUT2D eigenvalue weighted by Gasteiger charge is 2.14. The molecule has 0 spiro atoms. The van der Waals surface area contributed by atoms with Crippen molar-refractivity contribution in [1.82, 2.24) is 5.32 Å². The summed E-state index contributed by atoms with van der Waals surface area (Å²) < 4.78 is 5.21. The van der Waals surface area contributed by atoms with Crippen molar-refractivity contribution in [2.45, 2.75) is 46.1 Å². The zero-order chi connectivity index (χ0) is 16.8. The monoisotopic (exact) mass is 314 g/mol. The zero-order valence-corrected chi connectivity index (χ0v) is 14.3. The number of furan rings is 1. The minimum Gasteiger partial charge on any atom is -0.467 e. The lowest BCUT2D eigenvalue weighted by Gasteiger charge is -2.20. The number of carbonyl (C=O) groups is 1. The first-order chi connectivity index (χ1) is 11.0. The summed E-state index contributed by atoms with van der Waals surface area (Å²) in [7, 11) is 0. The molecule has 0 bridgehead atoms. The Morgan fingerprint density at radius 1 is 1.04 bits per heavy atom. The Bertz CT molecular complexity index is 605. The van der Waals surface area contributed by atoms with E-state index in [-0.39, 0.29) is 12.5 Å². The minimum atomic E-state index is -0.0466. The SMILES string of the molecule is CC(C)c1cccc(C(C)C)c1NCC(=O)NCc1ccco1. The van der Waals surface area contributed by atoms with Crippen LogP contribution in [0, 0.1) is 0 Å². The minimum absolute atomic E-state index is 0.0466. The standard InChI is InChI=1S/C19H26N2O2/c1-13(2)16-8-5-9-17(14(3)4)19(16)21-12-18(22)20-11-15-7-6-10-23-15/h5-10,13-14,21H,11-12H2,1-4H3,(H,20,22). The molecule has 2 N–H and O–H groups in total. The predicted octanol–water partition coefficient (Wildman–Crippen LogP) is 4.25. The molecule has 1 aromatic heterocycles. The van der Waals surface area contributed by atoms with Gasteiger partial charge in [0.25, 0.3) is 0 Å². The fourth-order valence-electron chi connectivity index (χ4n) is 2.59. The lowest BCUT2D eigenvalue weighted by atomic mass is 9.92. The number of nitrogens with one attached hydrogen (secondary N) is 2. The van der Waals surface area contributed by atoms with Crippen molar-refractivity contribution in [3.05, 3.63) is 53.5 Å². The number of carbonyl (C=O) groups excluding carboxylic acids is 1. The van der Waals surface area contributed by atoms with Crippen LogP contribution in [0.25, 0.3) is 0 Å². The highest BCUT2D eigenvalue weighted by molar-refractivity contribution is 5.81. The highest BCUT2D eigenvalue weighted by Crippen LogP contribution is 2.32. The van der Waals surface area contributed by atoms with Crippen LogP contribution < -0.4 is 10.6 Å². The summed E-state index contributed by atoms with van der Waals surface area (Å²) in [4.78, 5) is 12.1. The quantitative estimate of drug-likeness (QED) is 0.803. The van der Waals surface area contributed by atoms with E-state index in [0.29, 0.717) is 18.4 Å². The number of benzene rings is 1. The number of hydrogen-bond donors (Lipinski definition) is 2. The maximum absolute atomic E-state index is 12.1. The van der Waals surface area contributed by atoms with Gasteiger partial charge in [0.1, 0.15) is 5.76 Å². The molecule has 0 aliphatic heterocycles. The van der Waals surface area contributed by atoms with E-state index >= 15 is 0 Å². The molecule has 1 aromatic carbocycles. The second-order valence-electron chi connectivity index (χ2n) is 6.33. The number of para-hydroxylation sites is 1. The van der Waals surface area contributed by atoms with Gasteiger partial charge in [0.2, 0.25) is 5.91 Å².